The van der Waals surface area contributed by atoms with E-state index < -0.39 is 5.97 Å². The van der Waals surface area contributed by atoms with Gasteiger partial charge in [-0.15, -0.1) is 5.10 Å². The highest BCUT2D eigenvalue weighted by Crippen LogP contribution is 2.15. The summed E-state index contributed by atoms with van der Waals surface area (Å²) < 4.78 is 1.74. The van der Waals surface area contributed by atoms with Crippen LogP contribution < -0.4 is 0 Å². The number of rotatable bonds is 6. The van der Waals surface area contributed by atoms with Gasteiger partial charge in [0.15, 0.2) is 0 Å². The Balaban J connectivity index is 1.97. The van der Waals surface area contributed by atoms with Crippen molar-refractivity contribution in [1.82, 2.24) is 15.0 Å². The number of carboxylic acids is 1. The van der Waals surface area contributed by atoms with Gasteiger partial charge in [-0.2, -0.15) is 0 Å². The molecule has 0 unspecified atom stereocenters. The lowest BCUT2D eigenvalue weighted by Crippen LogP contribution is -2.00. The van der Waals surface area contributed by atoms with Crippen molar-refractivity contribution in [2.45, 2.75) is 39.2 Å². The molecule has 1 heterocycles. The zero-order valence-electron chi connectivity index (χ0n) is 11.8. The molecule has 0 spiro atoms. The molecule has 106 valence electrons. The van der Waals surface area contributed by atoms with Gasteiger partial charge in [-0.25, -0.2) is 4.68 Å². The van der Waals surface area contributed by atoms with E-state index in [9.17, 15) is 4.79 Å². The molecule has 1 N–H and O–H groups in total. The quantitative estimate of drug-likeness (QED) is 0.878. The van der Waals surface area contributed by atoms with Crippen LogP contribution in [0.25, 0.3) is 0 Å². The van der Waals surface area contributed by atoms with E-state index in [1.165, 1.54) is 5.56 Å². The smallest absolute Gasteiger partial charge is 0.303 e. The summed E-state index contributed by atoms with van der Waals surface area (Å²) in [6, 6.07) is 8.44. The second-order valence-electron chi connectivity index (χ2n) is 5.20. The minimum atomic E-state index is -0.816. The van der Waals surface area contributed by atoms with Gasteiger partial charge < -0.3 is 5.11 Å². The van der Waals surface area contributed by atoms with Crippen LogP contribution >= 0.6 is 0 Å². The fourth-order valence-electron chi connectivity index (χ4n) is 1.96. The fourth-order valence-corrected chi connectivity index (χ4v) is 1.96. The number of hydrogen-bond donors (Lipinski definition) is 1. The second kappa shape index (κ2) is 6.32. The summed E-state index contributed by atoms with van der Waals surface area (Å²) in [5, 5.41) is 16.6. The molecular formula is C15H19N3O2. The van der Waals surface area contributed by atoms with Gasteiger partial charge in [0.1, 0.15) is 0 Å². The Hall–Kier alpha value is -2.17. The molecule has 0 amide bonds. The van der Waals surface area contributed by atoms with Crippen LogP contribution in [0.5, 0.6) is 0 Å². The first-order valence-corrected chi connectivity index (χ1v) is 6.74. The summed E-state index contributed by atoms with van der Waals surface area (Å²) >= 11 is 0. The van der Waals surface area contributed by atoms with Crippen LogP contribution in [0.4, 0.5) is 0 Å². The molecule has 5 heteroatoms. The molecule has 0 saturated carbocycles. The number of aromatic nitrogens is 3. The zero-order valence-corrected chi connectivity index (χ0v) is 11.8. The maximum atomic E-state index is 10.5. The third-order valence-electron chi connectivity index (χ3n) is 3.17. The van der Waals surface area contributed by atoms with Crippen molar-refractivity contribution in [3.63, 3.8) is 0 Å². The largest absolute Gasteiger partial charge is 0.481 e. The minimum Gasteiger partial charge on any atom is -0.481 e. The van der Waals surface area contributed by atoms with Crippen LogP contribution in [0.3, 0.4) is 0 Å². The second-order valence-corrected chi connectivity index (χ2v) is 5.20. The van der Waals surface area contributed by atoms with Crippen molar-refractivity contribution < 1.29 is 9.90 Å². The van der Waals surface area contributed by atoms with Gasteiger partial charge in [-0.3, -0.25) is 4.79 Å². The Morgan fingerprint density at radius 1 is 1.30 bits per heavy atom. The van der Waals surface area contributed by atoms with Crippen LogP contribution in [0.2, 0.25) is 0 Å². The summed E-state index contributed by atoms with van der Waals surface area (Å²) in [6.07, 6.45) is 2.31. The Bertz CT molecular complexity index is 573. The molecule has 1 aromatic carbocycles. The Kier molecular flexibility index (Phi) is 4.50. The summed E-state index contributed by atoms with van der Waals surface area (Å²) in [4.78, 5) is 10.5. The molecule has 0 atom stereocenters. The highest BCUT2D eigenvalue weighted by Gasteiger charge is 2.05. The lowest BCUT2D eigenvalue weighted by molar-refractivity contribution is -0.136. The number of hydrogen-bond acceptors (Lipinski definition) is 3. The van der Waals surface area contributed by atoms with Gasteiger partial charge in [0.25, 0.3) is 0 Å². The van der Waals surface area contributed by atoms with Gasteiger partial charge in [-0.05, 0) is 17.0 Å². The number of aliphatic carboxylic acids is 1. The molecule has 2 aromatic rings. The van der Waals surface area contributed by atoms with E-state index >= 15 is 0 Å². The Labute approximate surface area is 118 Å². The molecule has 5 nitrogen and oxygen atoms in total. The molecular weight excluding hydrogens is 254 g/mol. The molecule has 0 aliphatic rings. The van der Waals surface area contributed by atoms with Crippen LogP contribution in [-0.4, -0.2) is 26.1 Å². The molecule has 0 bridgehead atoms. The normalized spacial score (nSPS) is 10.9. The number of nitrogens with zero attached hydrogens (tertiary/aromatic N) is 3. The lowest BCUT2D eigenvalue weighted by Gasteiger charge is -2.06. The first-order valence-electron chi connectivity index (χ1n) is 6.74. The maximum Gasteiger partial charge on any atom is 0.303 e. The van der Waals surface area contributed by atoms with E-state index in [0.29, 0.717) is 24.6 Å². The number of carbonyl (C=O) groups is 1. The molecule has 0 saturated heterocycles. The summed E-state index contributed by atoms with van der Waals surface area (Å²) in [5.41, 5.74) is 3.18. The molecule has 0 fully saturated rings. The number of aryl methyl sites for hydroxylation is 1. The fraction of sp³-hybridized carbons (Fsp3) is 0.400. The molecule has 0 aliphatic heterocycles. The van der Waals surface area contributed by atoms with Crippen LogP contribution in [0, 0.1) is 0 Å². The number of benzene rings is 1. The first kappa shape index (κ1) is 14.2. The maximum absolute atomic E-state index is 10.5. The predicted octanol–water partition coefficient (Wildman–Crippen LogP) is 2.47. The van der Waals surface area contributed by atoms with E-state index in [2.05, 4.69) is 48.4 Å². The summed E-state index contributed by atoms with van der Waals surface area (Å²) in [5.74, 6) is -0.290. The van der Waals surface area contributed by atoms with Crippen molar-refractivity contribution in [3.8, 4) is 0 Å². The summed E-state index contributed by atoms with van der Waals surface area (Å²) in [7, 11) is 0. The first-order chi connectivity index (χ1) is 9.54. The van der Waals surface area contributed by atoms with E-state index in [4.69, 9.17) is 5.11 Å². The molecule has 1 aromatic heterocycles. The average molecular weight is 273 g/mol. The number of carboxylic acid groups (broad SMARTS) is 1. The standard InChI is InChI=1S/C15H19N3O2/c1-11(2)13-5-3-12(4-6-13)9-18-10-14(16-17-18)7-8-15(19)20/h3-6,10-11H,7-9H2,1-2H3,(H,19,20). The molecule has 0 aliphatic carbocycles. The third-order valence-corrected chi connectivity index (χ3v) is 3.17. The monoisotopic (exact) mass is 273 g/mol. The summed E-state index contributed by atoms with van der Waals surface area (Å²) in [6.45, 7) is 4.99. The molecule has 2 rings (SSSR count). The Morgan fingerprint density at radius 3 is 2.60 bits per heavy atom. The van der Waals surface area contributed by atoms with Crippen LogP contribution in [0.1, 0.15) is 43.0 Å². The highest BCUT2D eigenvalue weighted by atomic mass is 16.4. The van der Waals surface area contributed by atoms with E-state index in [0.717, 1.165) is 5.56 Å². The average Bonchev–Trinajstić information content (AvgIpc) is 2.84. The van der Waals surface area contributed by atoms with Gasteiger partial charge >= 0.3 is 5.97 Å². The predicted molar refractivity (Wildman–Crippen MR) is 75.6 cm³/mol. The SMILES string of the molecule is CC(C)c1ccc(Cn2cc(CCC(=O)O)nn2)cc1. The molecule has 20 heavy (non-hydrogen) atoms. The zero-order chi connectivity index (χ0) is 14.5. The van der Waals surface area contributed by atoms with Gasteiger partial charge in [0.2, 0.25) is 0 Å². The third kappa shape index (κ3) is 3.91. The van der Waals surface area contributed by atoms with Crippen molar-refractivity contribution >= 4 is 5.97 Å². The van der Waals surface area contributed by atoms with E-state index in [1.807, 2.05) is 0 Å². The highest BCUT2D eigenvalue weighted by molar-refractivity contribution is 5.66. The van der Waals surface area contributed by atoms with E-state index in [-0.39, 0.29) is 6.42 Å². The lowest BCUT2D eigenvalue weighted by atomic mass is 10.0. The van der Waals surface area contributed by atoms with Crippen molar-refractivity contribution in [2.75, 3.05) is 0 Å². The van der Waals surface area contributed by atoms with Crippen molar-refractivity contribution in [2.24, 2.45) is 0 Å². The van der Waals surface area contributed by atoms with Crippen molar-refractivity contribution in [1.29, 1.82) is 0 Å². The molecule has 0 radical (unpaired) electrons. The van der Waals surface area contributed by atoms with Gasteiger partial charge in [0.05, 0.1) is 18.7 Å². The van der Waals surface area contributed by atoms with Gasteiger partial charge in [0, 0.05) is 12.6 Å². The van der Waals surface area contributed by atoms with Crippen molar-refractivity contribution in [3.05, 3.63) is 47.3 Å². The van der Waals surface area contributed by atoms with Gasteiger partial charge in [-0.1, -0.05) is 43.3 Å². The Morgan fingerprint density at radius 2 is 2.00 bits per heavy atom. The van der Waals surface area contributed by atoms with E-state index in [1.54, 1.807) is 10.9 Å². The van der Waals surface area contributed by atoms with Crippen LogP contribution in [-0.2, 0) is 17.8 Å². The minimum absolute atomic E-state index is 0.0851. The topological polar surface area (TPSA) is 68.0 Å². The van der Waals surface area contributed by atoms with Crippen LogP contribution in [0.15, 0.2) is 30.5 Å².